The van der Waals surface area contributed by atoms with Gasteiger partial charge in [-0.1, -0.05) is 34.3 Å². The van der Waals surface area contributed by atoms with Gasteiger partial charge >= 0.3 is 0 Å². The number of hydrogen-bond acceptors (Lipinski definition) is 1. The first-order valence-electron chi connectivity index (χ1n) is 3.91. The van der Waals surface area contributed by atoms with Gasteiger partial charge < -0.3 is 5.11 Å². The van der Waals surface area contributed by atoms with Crippen LogP contribution in [0.4, 0.5) is 4.39 Å². The molecule has 0 heterocycles. The molecule has 0 amide bonds. The molecule has 0 aromatic heterocycles. The number of phenols is 1. The first-order valence-corrected chi connectivity index (χ1v) is 3.91. The Hall–Kier alpha value is -1.05. The average molecular weight is 184 g/mol. The molecule has 0 saturated carbocycles. The van der Waals surface area contributed by atoms with Gasteiger partial charge in [0.05, 0.1) is 0 Å². The number of benzene rings is 1. The molecule has 1 aromatic rings. The van der Waals surface area contributed by atoms with Crippen molar-refractivity contribution in [2.24, 2.45) is 0 Å². The third kappa shape index (κ3) is 2.44. The van der Waals surface area contributed by atoms with Crippen LogP contribution in [0.15, 0.2) is 18.2 Å². The van der Waals surface area contributed by atoms with Crippen LogP contribution in [0.1, 0.15) is 33.8 Å². The number of phenolic OH excluding ortho intramolecular Hbond substituents is 1. The monoisotopic (exact) mass is 184 g/mol. The summed E-state index contributed by atoms with van der Waals surface area (Å²) in [7, 11) is 0. The molecule has 0 radical (unpaired) electrons. The Kier molecular flexibility index (Phi) is 3.47. The molecule has 1 aromatic carbocycles. The van der Waals surface area contributed by atoms with E-state index in [0.717, 1.165) is 0 Å². The molecule has 0 spiro atoms. The maximum atomic E-state index is 13.2. The average Bonchev–Trinajstić information content (AvgIpc) is 1.82. The van der Waals surface area contributed by atoms with Gasteiger partial charge in [0.2, 0.25) is 0 Å². The van der Waals surface area contributed by atoms with Crippen LogP contribution < -0.4 is 0 Å². The number of hydrogen-bond donors (Lipinski definition) is 1. The van der Waals surface area contributed by atoms with Gasteiger partial charge in [-0.25, -0.2) is 4.39 Å². The lowest BCUT2D eigenvalue weighted by Crippen LogP contribution is -2.13. The summed E-state index contributed by atoms with van der Waals surface area (Å²) in [4.78, 5) is 0. The van der Waals surface area contributed by atoms with Crippen LogP contribution in [0.3, 0.4) is 0 Å². The minimum absolute atomic E-state index is 0. The molecule has 0 fully saturated rings. The molecule has 13 heavy (non-hydrogen) atoms. The van der Waals surface area contributed by atoms with E-state index in [1.807, 2.05) is 20.8 Å². The second kappa shape index (κ2) is 3.77. The molecule has 0 bridgehead atoms. The normalized spacial score (nSPS) is 10.8. The molecular formula is C11H17FO. The van der Waals surface area contributed by atoms with E-state index < -0.39 is 0 Å². The quantitative estimate of drug-likeness (QED) is 0.654. The fourth-order valence-corrected chi connectivity index (χ4v) is 1.26. The fourth-order valence-electron chi connectivity index (χ4n) is 1.26. The van der Waals surface area contributed by atoms with Crippen molar-refractivity contribution in [2.45, 2.75) is 33.6 Å². The zero-order chi connectivity index (χ0) is 9.35. The van der Waals surface area contributed by atoms with Gasteiger partial charge in [-0.15, -0.1) is 0 Å². The van der Waals surface area contributed by atoms with Crippen LogP contribution in [0.25, 0.3) is 0 Å². The van der Waals surface area contributed by atoms with Crippen molar-refractivity contribution in [1.29, 1.82) is 0 Å². The summed E-state index contributed by atoms with van der Waals surface area (Å²) in [5, 5.41) is 9.39. The van der Waals surface area contributed by atoms with E-state index in [1.165, 1.54) is 18.2 Å². The van der Waals surface area contributed by atoms with Crippen molar-refractivity contribution in [2.75, 3.05) is 0 Å². The molecule has 0 aliphatic carbocycles. The van der Waals surface area contributed by atoms with Crippen LogP contribution >= 0.6 is 0 Å². The van der Waals surface area contributed by atoms with Gasteiger partial charge in [0.25, 0.3) is 0 Å². The number of halogens is 1. The number of rotatable bonds is 0. The zero-order valence-electron chi connectivity index (χ0n) is 7.56. The Morgan fingerprint density at radius 3 is 2.08 bits per heavy atom. The van der Waals surface area contributed by atoms with Crippen LogP contribution in [0.2, 0.25) is 0 Å². The fraction of sp³-hybridized carbons (Fsp3) is 0.455. The van der Waals surface area contributed by atoms with E-state index in [2.05, 4.69) is 0 Å². The standard InChI is InChI=1S/C10H13FO.CH4/c1-10(2,3)9-7(11)5-4-6-8(9)12;/h4-6,12H,1-3H3;1H4. The van der Waals surface area contributed by atoms with E-state index in [4.69, 9.17) is 0 Å². The summed E-state index contributed by atoms with van der Waals surface area (Å²) >= 11 is 0. The molecule has 0 saturated heterocycles. The first kappa shape index (κ1) is 11.9. The van der Waals surface area contributed by atoms with Crippen LogP contribution in [-0.2, 0) is 5.41 Å². The summed E-state index contributed by atoms with van der Waals surface area (Å²) in [6.45, 7) is 5.60. The number of aromatic hydroxyl groups is 1. The molecular weight excluding hydrogens is 167 g/mol. The van der Waals surface area contributed by atoms with Crippen molar-refractivity contribution in [1.82, 2.24) is 0 Å². The van der Waals surface area contributed by atoms with Gasteiger partial charge in [-0.3, -0.25) is 0 Å². The zero-order valence-corrected chi connectivity index (χ0v) is 7.56. The van der Waals surface area contributed by atoms with Crippen molar-refractivity contribution >= 4 is 0 Å². The molecule has 1 N–H and O–H groups in total. The third-order valence-corrected chi connectivity index (χ3v) is 1.74. The van der Waals surface area contributed by atoms with Crippen molar-refractivity contribution in [3.63, 3.8) is 0 Å². The van der Waals surface area contributed by atoms with Crippen molar-refractivity contribution < 1.29 is 9.50 Å². The Morgan fingerprint density at radius 2 is 1.77 bits per heavy atom. The van der Waals surface area contributed by atoms with Crippen molar-refractivity contribution in [3.8, 4) is 5.75 Å². The van der Waals surface area contributed by atoms with E-state index >= 15 is 0 Å². The van der Waals surface area contributed by atoms with Gasteiger partial charge in [0, 0.05) is 5.56 Å². The van der Waals surface area contributed by atoms with Crippen LogP contribution in [0, 0.1) is 5.82 Å². The summed E-state index contributed by atoms with van der Waals surface area (Å²) in [5.41, 5.74) is 0.0279. The van der Waals surface area contributed by atoms with Gasteiger partial charge in [0.1, 0.15) is 11.6 Å². The highest BCUT2D eigenvalue weighted by Gasteiger charge is 2.21. The molecule has 0 aliphatic heterocycles. The molecule has 1 nitrogen and oxygen atoms in total. The van der Waals surface area contributed by atoms with E-state index in [0.29, 0.717) is 5.56 Å². The van der Waals surface area contributed by atoms with E-state index in [1.54, 1.807) is 0 Å². The highest BCUT2D eigenvalue weighted by atomic mass is 19.1. The molecule has 2 heteroatoms. The van der Waals surface area contributed by atoms with Gasteiger partial charge in [-0.2, -0.15) is 0 Å². The molecule has 0 unspecified atom stereocenters. The Morgan fingerprint density at radius 1 is 1.23 bits per heavy atom. The topological polar surface area (TPSA) is 20.2 Å². The SMILES string of the molecule is C.CC(C)(C)c1c(O)cccc1F. The minimum Gasteiger partial charge on any atom is -0.508 e. The van der Waals surface area contributed by atoms with Crippen LogP contribution in [-0.4, -0.2) is 5.11 Å². The van der Waals surface area contributed by atoms with E-state index in [9.17, 15) is 9.50 Å². The lowest BCUT2D eigenvalue weighted by molar-refractivity contribution is 0.429. The maximum absolute atomic E-state index is 13.2. The minimum atomic E-state index is -0.352. The lowest BCUT2D eigenvalue weighted by Gasteiger charge is -2.20. The van der Waals surface area contributed by atoms with Gasteiger partial charge in [0.15, 0.2) is 0 Å². The predicted molar refractivity (Wildman–Crippen MR) is 53.5 cm³/mol. The van der Waals surface area contributed by atoms with Gasteiger partial charge in [-0.05, 0) is 17.5 Å². The summed E-state index contributed by atoms with van der Waals surface area (Å²) in [5.74, 6) is -0.315. The summed E-state index contributed by atoms with van der Waals surface area (Å²) < 4.78 is 13.2. The first-order chi connectivity index (χ1) is 5.43. The highest BCUT2D eigenvalue weighted by molar-refractivity contribution is 5.38. The predicted octanol–water partition coefficient (Wildman–Crippen LogP) is 3.46. The summed E-state index contributed by atoms with van der Waals surface area (Å²) in [6.07, 6.45) is 0. The smallest absolute Gasteiger partial charge is 0.130 e. The molecule has 74 valence electrons. The summed E-state index contributed by atoms with van der Waals surface area (Å²) in [6, 6.07) is 4.36. The van der Waals surface area contributed by atoms with Crippen LogP contribution in [0.5, 0.6) is 5.75 Å². The largest absolute Gasteiger partial charge is 0.508 e. The highest BCUT2D eigenvalue weighted by Crippen LogP contribution is 2.32. The Labute approximate surface area is 79.2 Å². The second-order valence-corrected chi connectivity index (χ2v) is 3.88. The Bertz CT molecular complexity index is 266. The third-order valence-electron chi connectivity index (χ3n) is 1.74. The van der Waals surface area contributed by atoms with E-state index in [-0.39, 0.29) is 24.4 Å². The molecule has 1 rings (SSSR count). The molecule has 0 atom stereocenters. The lowest BCUT2D eigenvalue weighted by atomic mass is 9.86. The van der Waals surface area contributed by atoms with Crippen molar-refractivity contribution in [3.05, 3.63) is 29.6 Å². The second-order valence-electron chi connectivity index (χ2n) is 3.88. The Balaban J connectivity index is 0.00000144. The maximum Gasteiger partial charge on any atom is 0.130 e. The molecule has 0 aliphatic rings.